The summed E-state index contributed by atoms with van der Waals surface area (Å²) in [4.78, 5) is 17.4. The van der Waals surface area contributed by atoms with Crippen LogP contribution < -0.4 is 15.0 Å². The maximum Gasteiger partial charge on any atom is 0.166 e. The highest BCUT2D eigenvalue weighted by molar-refractivity contribution is 6.31. The Bertz CT molecular complexity index is 960. The van der Waals surface area contributed by atoms with Crippen molar-refractivity contribution in [1.29, 1.82) is 0 Å². The fraction of sp³-hybridized carbons (Fsp3) is 0.263. The topological polar surface area (TPSA) is 58.9 Å². The molecule has 0 fully saturated rings. The Balaban J connectivity index is 1.89. The van der Waals surface area contributed by atoms with Gasteiger partial charge in [-0.1, -0.05) is 11.6 Å². The molecular formula is C19H20ClFN4O2. The first-order valence-corrected chi connectivity index (χ1v) is 8.80. The largest absolute Gasteiger partial charge is 0.492 e. The predicted molar refractivity (Wildman–Crippen MR) is 104 cm³/mol. The third-order valence-corrected chi connectivity index (χ3v) is 4.65. The number of aldehydes is 1. The average molecular weight is 391 g/mol. The molecular weight excluding hydrogens is 371 g/mol. The van der Waals surface area contributed by atoms with E-state index in [1.54, 1.807) is 35.0 Å². The number of rotatable bonds is 8. The lowest BCUT2D eigenvalue weighted by Gasteiger charge is -2.22. The number of carbonyl (C=O) groups is 1. The van der Waals surface area contributed by atoms with Crippen molar-refractivity contribution in [3.63, 3.8) is 0 Å². The van der Waals surface area contributed by atoms with E-state index in [1.165, 1.54) is 6.07 Å². The van der Waals surface area contributed by atoms with Gasteiger partial charge in [0.15, 0.2) is 6.29 Å². The Morgan fingerprint density at radius 2 is 2.19 bits per heavy atom. The minimum absolute atomic E-state index is 0.0346. The van der Waals surface area contributed by atoms with Crippen LogP contribution in [-0.2, 0) is 6.54 Å². The van der Waals surface area contributed by atoms with E-state index in [9.17, 15) is 9.18 Å². The zero-order valence-corrected chi connectivity index (χ0v) is 15.8. The number of hydrogen-bond donors (Lipinski definition) is 1. The number of halogens is 2. The van der Waals surface area contributed by atoms with Gasteiger partial charge >= 0.3 is 0 Å². The van der Waals surface area contributed by atoms with Gasteiger partial charge < -0.3 is 15.0 Å². The number of anilines is 1. The van der Waals surface area contributed by atoms with Crippen LogP contribution in [0.25, 0.3) is 5.65 Å². The monoisotopic (exact) mass is 390 g/mol. The van der Waals surface area contributed by atoms with Crippen LogP contribution in [0.4, 0.5) is 10.1 Å². The first-order valence-electron chi connectivity index (χ1n) is 8.43. The number of nitrogens with zero attached hydrogens (tertiary/aromatic N) is 3. The zero-order chi connectivity index (χ0) is 19.4. The van der Waals surface area contributed by atoms with Crippen LogP contribution in [0, 0.1) is 5.82 Å². The molecule has 6 nitrogen and oxygen atoms in total. The van der Waals surface area contributed by atoms with Crippen molar-refractivity contribution in [2.24, 2.45) is 0 Å². The van der Waals surface area contributed by atoms with Gasteiger partial charge in [0.05, 0.1) is 22.6 Å². The van der Waals surface area contributed by atoms with Crippen LogP contribution in [0.2, 0.25) is 5.02 Å². The maximum absolute atomic E-state index is 14.0. The van der Waals surface area contributed by atoms with Crippen molar-refractivity contribution in [1.82, 2.24) is 14.7 Å². The van der Waals surface area contributed by atoms with Crippen LogP contribution in [0.1, 0.15) is 16.1 Å². The second kappa shape index (κ2) is 8.37. The molecule has 8 heteroatoms. The highest BCUT2D eigenvalue weighted by Crippen LogP contribution is 2.31. The smallest absolute Gasteiger partial charge is 0.166 e. The number of carbonyl (C=O) groups excluding carboxylic acids is 1. The molecule has 27 heavy (non-hydrogen) atoms. The summed E-state index contributed by atoms with van der Waals surface area (Å²) in [5.74, 6) is 0.0374. The Kier molecular flexibility index (Phi) is 5.93. The number of likely N-dealkylation sites (N-methyl/N-ethyl adjacent to an activating group) is 1. The summed E-state index contributed by atoms with van der Waals surface area (Å²) in [6.07, 6.45) is 4.27. The number of hydrogen-bond acceptors (Lipinski definition) is 5. The van der Waals surface area contributed by atoms with Crippen LogP contribution >= 0.6 is 11.6 Å². The van der Waals surface area contributed by atoms with Gasteiger partial charge in [0, 0.05) is 31.9 Å². The molecule has 0 aliphatic carbocycles. The lowest BCUT2D eigenvalue weighted by atomic mass is 10.1. The fourth-order valence-corrected chi connectivity index (χ4v) is 2.95. The van der Waals surface area contributed by atoms with Gasteiger partial charge in [0.1, 0.15) is 23.8 Å². The zero-order valence-electron chi connectivity index (χ0n) is 15.1. The van der Waals surface area contributed by atoms with Gasteiger partial charge in [-0.3, -0.25) is 9.20 Å². The fourth-order valence-electron chi connectivity index (χ4n) is 2.74. The molecule has 142 valence electrons. The van der Waals surface area contributed by atoms with E-state index < -0.39 is 5.82 Å². The first kappa shape index (κ1) is 19.1. The molecule has 0 saturated heterocycles. The highest BCUT2D eigenvalue weighted by atomic mass is 35.5. The van der Waals surface area contributed by atoms with Crippen LogP contribution in [0.15, 0.2) is 36.7 Å². The van der Waals surface area contributed by atoms with Crippen molar-refractivity contribution in [2.45, 2.75) is 6.54 Å². The van der Waals surface area contributed by atoms with E-state index >= 15 is 0 Å². The molecule has 3 aromatic rings. The molecule has 0 aliphatic rings. The van der Waals surface area contributed by atoms with Gasteiger partial charge in [-0.15, -0.1) is 0 Å². The lowest BCUT2D eigenvalue weighted by Crippen LogP contribution is -2.20. The molecule has 2 aromatic heterocycles. The normalized spacial score (nSPS) is 11.0. The lowest BCUT2D eigenvalue weighted by molar-refractivity contribution is 0.111. The molecule has 0 unspecified atom stereocenters. The van der Waals surface area contributed by atoms with Crippen LogP contribution in [0.5, 0.6) is 5.75 Å². The maximum atomic E-state index is 14.0. The molecule has 0 radical (unpaired) electrons. The van der Waals surface area contributed by atoms with E-state index in [2.05, 4.69) is 10.3 Å². The van der Waals surface area contributed by atoms with Crippen LogP contribution in [-0.4, -0.2) is 42.9 Å². The summed E-state index contributed by atoms with van der Waals surface area (Å²) in [5.41, 5.74) is 2.49. The van der Waals surface area contributed by atoms with E-state index in [0.717, 1.165) is 12.0 Å². The van der Waals surface area contributed by atoms with E-state index in [0.29, 0.717) is 42.4 Å². The Hall–Kier alpha value is -2.64. The van der Waals surface area contributed by atoms with Crippen molar-refractivity contribution in [3.05, 3.63) is 58.8 Å². The van der Waals surface area contributed by atoms with Gasteiger partial charge in [-0.2, -0.15) is 0 Å². The summed E-state index contributed by atoms with van der Waals surface area (Å²) >= 11 is 6.20. The number of fused-ring (bicyclic) bond motifs is 1. The first-order chi connectivity index (χ1) is 13.0. The summed E-state index contributed by atoms with van der Waals surface area (Å²) in [6.45, 7) is 1.41. The third kappa shape index (κ3) is 4.04. The Morgan fingerprint density at radius 1 is 1.37 bits per heavy atom. The molecule has 0 atom stereocenters. The number of benzene rings is 1. The summed E-state index contributed by atoms with van der Waals surface area (Å²) in [6, 6.07) is 6.35. The SMILES string of the molecule is CNCCOc1ccc(F)c(Cl)c1CN(C)c1cnc2ccc(C=O)n2c1. The van der Waals surface area contributed by atoms with Crippen molar-refractivity contribution >= 4 is 29.2 Å². The van der Waals surface area contributed by atoms with Crippen molar-refractivity contribution < 1.29 is 13.9 Å². The minimum Gasteiger partial charge on any atom is -0.492 e. The molecule has 0 saturated carbocycles. The van der Waals surface area contributed by atoms with Gasteiger partial charge in [-0.25, -0.2) is 9.37 Å². The van der Waals surface area contributed by atoms with E-state index in [1.807, 2.05) is 19.0 Å². The summed E-state index contributed by atoms with van der Waals surface area (Å²) < 4.78 is 21.4. The molecule has 1 aromatic carbocycles. The average Bonchev–Trinajstić information content (AvgIpc) is 3.09. The standard InChI is InChI=1S/C19H20ClFN4O2/c1-22-7-8-27-17-5-4-16(21)19(20)15(17)11-24(2)14-9-23-18-6-3-13(12-26)25(18)10-14/h3-6,9-10,12,22H,7-8,11H2,1-2H3. The van der Waals surface area contributed by atoms with Gasteiger partial charge in [-0.05, 0) is 31.3 Å². The Labute approximate surface area is 161 Å². The number of ether oxygens (including phenoxy) is 1. The van der Waals surface area contributed by atoms with Gasteiger partial charge in [0.2, 0.25) is 0 Å². The molecule has 0 aliphatic heterocycles. The second-order valence-electron chi connectivity index (χ2n) is 6.06. The molecule has 0 amide bonds. The quantitative estimate of drug-likeness (QED) is 0.473. The minimum atomic E-state index is -0.497. The third-order valence-electron chi connectivity index (χ3n) is 4.24. The molecule has 2 heterocycles. The molecule has 1 N–H and O–H groups in total. The summed E-state index contributed by atoms with van der Waals surface area (Å²) in [7, 11) is 3.67. The van der Waals surface area contributed by atoms with Gasteiger partial charge in [0.25, 0.3) is 0 Å². The number of nitrogens with one attached hydrogen (secondary N) is 1. The van der Waals surface area contributed by atoms with Crippen molar-refractivity contribution in [2.75, 3.05) is 32.1 Å². The van der Waals surface area contributed by atoms with Crippen LogP contribution in [0.3, 0.4) is 0 Å². The highest BCUT2D eigenvalue weighted by Gasteiger charge is 2.16. The number of aromatic nitrogens is 2. The molecule has 0 spiro atoms. The van der Waals surface area contributed by atoms with Crippen molar-refractivity contribution in [3.8, 4) is 5.75 Å². The summed E-state index contributed by atoms with van der Waals surface area (Å²) in [5, 5.41) is 3.03. The Morgan fingerprint density at radius 3 is 2.93 bits per heavy atom. The van der Waals surface area contributed by atoms with E-state index in [-0.39, 0.29) is 5.02 Å². The second-order valence-corrected chi connectivity index (χ2v) is 6.44. The molecule has 3 rings (SSSR count). The molecule has 0 bridgehead atoms. The van der Waals surface area contributed by atoms with E-state index in [4.69, 9.17) is 16.3 Å². The predicted octanol–water partition coefficient (Wildman–Crippen LogP) is 3.17.